The van der Waals surface area contributed by atoms with Crippen LogP contribution in [-0.2, 0) is 11.2 Å². The topological polar surface area (TPSA) is 38.2 Å². The summed E-state index contributed by atoms with van der Waals surface area (Å²) in [6.07, 6.45) is 9.68. The molecule has 1 aromatic heterocycles. The van der Waals surface area contributed by atoms with Crippen LogP contribution in [0.1, 0.15) is 51.1 Å². The van der Waals surface area contributed by atoms with E-state index in [4.69, 9.17) is 4.74 Å². The van der Waals surface area contributed by atoms with E-state index in [1.165, 1.54) is 32.0 Å². The van der Waals surface area contributed by atoms with Crippen LogP contribution in [0.3, 0.4) is 0 Å². The summed E-state index contributed by atoms with van der Waals surface area (Å²) in [6, 6.07) is 0. The van der Waals surface area contributed by atoms with E-state index in [-0.39, 0.29) is 5.82 Å². The Morgan fingerprint density at radius 3 is 2.59 bits per heavy atom. The predicted molar refractivity (Wildman–Crippen MR) is 84.5 cm³/mol. The molecule has 2 aliphatic rings. The second-order valence-electron chi connectivity index (χ2n) is 6.48. The van der Waals surface area contributed by atoms with Crippen molar-refractivity contribution in [3.05, 3.63) is 17.8 Å². The number of anilines is 1. The molecule has 0 radical (unpaired) electrons. The van der Waals surface area contributed by atoms with Gasteiger partial charge >= 0.3 is 0 Å². The van der Waals surface area contributed by atoms with Crippen LogP contribution >= 0.6 is 0 Å². The van der Waals surface area contributed by atoms with Crippen LogP contribution in [0.25, 0.3) is 0 Å². The summed E-state index contributed by atoms with van der Waals surface area (Å²) >= 11 is 0. The number of hydrogen-bond donors (Lipinski definition) is 0. The quantitative estimate of drug-likeness (QED) is 0.836. The minimum Gasteiger partial charge on any atom is -0.378 e. The van der Waals surface area contributed by atoms with Crippen LogP contribution < -0.4 is 4.90 Å². The summed E-state index contributed by atoms with van der Waals surface area (Å²) in [7, 11) is 0. The molecule has 1 aromatic rings. The Morgan fingerprint density at radius 1 is 1.18 bits per heavy atom. The Labute approximate surface area is 132 Å². The Balaban J connectivity index is 1.51. The first kappa shape index (κ1) is 15.7. The van der Waals surface area contributed by atoms with Gasteiger partial charge in [-0.1, -0.05) is 19.8 Å². The Bertz CT molecular complexity index is 483. The maximum absolute atomic E-state index is 14.3. The molecule has 0 bridgehead atoms. The first-order valence-electron chi connectivity index (χ1n) is 8.63. The van der Waals surface area contributed by atoms with E-state index in [9.17, 15) is 4.39 Å². The normalized spacial score (nSPS) is 20.7. The average Bonchev–Trinajstić information content (AvgIpc) is 3.07. The third kappa shape index (κ3) is 3.57. The Hall–Kier alpha value is -1.23. The molecule has 0 N–H and O–H groups in total. The molecule has 1 aliphatic carbocycles. The minimum atomic E-state index is -0.254. The van der Waals surface area contributed by atoms with Gasteiger partial charge < -0.3 is 9.64 Å². The van der Waals surface area contributed by atoms with Crippen molar-refractivity contribution in [2.75, 3.05) is 24.6 Å². The van der Waals surface area contributed by atoms with Crippen LogP contribution in [0.2, 0.25) is 0 Å². The van der Waals surface area contributed by atoms with Crippen molar-refractivity contribution in [3.8, 4) is 0 Å². The molecule has 0 unspecified atom stereocenters. The number of nitrogens with zero attached hydrogens (tertiary/aromatic N) is 3. The zero-order chi connectivity index (χ0) is 15.4. The molecule has 1 saturated heterocycles. The van der Waals surface area contributed by atoms with Gasteiger partial charge in [0.15, 0.2) is 11.6 Å². The first-order valence-corrected chi connectivity index (χ1v) is 8.63. The van der Waals surface area contributed by atoms with Crippen LogP contribution in [-0.4, -0.2) is 35.8 Å². The third-order valence-electron chi connectivity index (χ3n) is 4.96. The van der Waals surface area contributed by atoms with E-state index in [0.717, 1.165) is 38.5 Å². The van der Waals surface area contributed by atoms with Gasteiger partial charge in [0.05, 0.1) is 11.8 Å². The predicted octanol–water partition coefficient (Wildman–Crippen LogP) is 3.35. The number of rotatable bonds is 5. The zero-order valence-electron chi connectivity index (χ0n) is 13.4. The summed E-state index contributed by atoms with van der Waals surface area (Å²) in [5.74, 6) is 0.973. The molecule has 122 valence electrons. The lowest BCUT2D eigenvalue weighted by molar-refractivity contribution is 0.0163. The van der Waals surface area contributed by atoms with Crippen molar-refractivity contribution in [2.45, 2.75) is 58.0 Å². The summed E-state index contributed by atoms with van der Waals surface area (Å²) < 4.78 is 20.4. The molecule has 5 heteroatoms. The number of halogens is 1. The molecule has 4 nitrogen and oxygen atoms in total. The van der Waals surface area contributed by atoms with Crippen molar-refractivity contribution in [3.63, 3.8) is 0 Å². The molecule has 0 aromatic carbocycles. The van der Waals surface area contributed by atoms with Crippen molar-refractivity contribution in [1.29, 1.82) is 0 Å². The van der Waals surface area contributed by atoms with E-state index >= 15 is 0 Å². The third-order valence-corrected chi connectivity index (χ3v) is 4.96. The highest BCUT2D eigenvalue weighted by atomic mass is 19.1. The SMILES string of the molecule is CCc1ncnc(N2CCC(OCC3CCCC3)CC2)c1F. The maximum Gasteiger partial charge on any atom is 0.187 e. The molecule has 0 spiro atoms. The fourth-order valence-electron chi connectivity index (χ4n) is 3.55. The van der Waals surface area contributed by atoms with Gasteiger partial charge in [-0.05, 0) is 38.0 Å². The lowest BCUT2D eigenvalue weighted by atomic mass is 10.1. The zero-order valence-corrected chi connectivity index (χ0v) is 13.4. The number of aromatic nitrogens is 2. The Morgan fingerprint density at radius 2 is 1.91 bits per heavy atom. The molecule has 0 amide bonds. The first-order chi connectivity index (χ1) is 10.8. The lowest BCUT2D eigenvalue weighted by Gasteiger charge is -2.33. The van der Waals surface area contributed by atoms with Gasteiger partial charge in [-0.2, -0.15) is 0 Å². The highest BCUT2D eigenvalue weighted by Gasteiger charge is 2.25. The van der Waals surface area contributed by atoms with Crippen LogP contribution in [0.4, 0.5) is 10.2 Å². The smallest absolute Gasteiger partial charge is 0.187 e. The molecule has 3 rings (SSSR count). The molecule has 2 heterocycles. The largest absolute Gasteiger partial charge is 0.378 e. The highest BCUT2D eigenvalue weighted by Crippen LogP contribution is 2.27. The van der Waals surface area contributed by atoms with Crippen molar-refractivity contribution in [1.82, 2.24) is 9.97 Å². The van der Waals surface area contributed by atoms with E-state index in [0.29, 0.717) is 24.0 Å². The van der Waals surface area contributed by atoms with Gasteiger partial charge in [-0.25, -0.2) is 14.4 Å². The average molecular weight is 307 g/mol. The van der Waals surface area contributed by atoms with Gasteiger partial charge in [0.25, 0.3) is 0 Å². The number of aryl methyl sites for hydroxylation is 1. The van der Waals surface area contributed by atoms with Gasteiger partial charge in [-0.3, -0.25) is 0 Å². The number of hydrogen-bond acceptors (Lipinski definition) is 4. The molecule has 1 saturated carbocycles. The second kappa shape index (κ2) is 7.36. The second-order valence-corrected chi connectivity index (χ2v) is 6.48. The van der Waals surface area contributed by atoms with Crippen LogP contribution in [0.5, 0.6) is 0 Å². The van der Waals surface area contributed by atoms with E-state index in [1.54, 1.807) is 0 Å². The standard InChI is InChI=1S/C17H26FN3O/c1-2-15-16(18)17(20-12-19-15)21-9-7-14(8-10-21)22-11-13-5-3-4-6-13/h12-14H,2-11H2,1H3. The van der Waals surface area contributed by atoms with Crippen LogP contribution in [0.15, 0.2) is 6.33 Å². The molecule has 1 aliphatic heterocycles. The summed E-state index contributed by atoms with van der Waals surface area (Å²) in [4.78, 5) is 10.2. The summed E-state index contributed by atoms with van der Waals surface area (Å²) in [5.41, 5.74) is 0.504. The maximum atomic E-state index is 14.3. The monoisotopic (exact) mass is 307 g/mol. The number of piperidine rings is 1. The van der Waals surface area contributed by atoms with Crippen molar-refractivity contribution in [2.24, 2.45) is 5.92 Å². The lowest BCUT2D eigenvalue weighted by Crippen LogP contribution is -2.38. The van der Waals surface area contributed by atoms with E-state index in [2.05, 4.69) is 9.97 Å². The minimum absolute atomic E-state index is 0.254. The fourth-order valence-corrected chi connectivity index (χ4v) is 3.55. The molecule has 0 atom stereocenters. The molecular weight excluding hydrogens is 281 g/mol. The van der Waals surface area contributed by atoms with E-state index in [1.807, 2.05) is 11.8 Å². The highest BCUT2D eigenvalue weighted by molar-refractivity contribution is 5.41. The Kier molecular flexibility index (Phi) is 5.24. The molecular formula is C17H26FN3O. The van der Waals surface area contributed by atoms with Gasteiger partial charge in [0, 0.05) is 19.7 Å². The summed E-state index contributed by atoms with van der Waals surface area (Å²) in [5, 5.41) is 0. The van der Waals surface area contributed by atoms with Gasteiger partial charge in [0.2, 0.25) is 0 Å². The molecule has 22 heavy (non-hydrogen) atoms. The fraction of sp³-hybridized carbons (Fsp3) is 0.765. The van der Waals surface area contributed by atoms with Crippen molar-refractivity contribution < 1.29 is 9.13 Å². The van der Waals surface area contributed by atoms with E-state index < -0.39 is 0 Å². The molecule has 2 fully saturated rings. The number of ether oxygens (including phenoxy) is 1. The summed E-state index contributed by atoms with van der Waals surface area (Å²) in [6.45, 7) is 4.45. The van der Waals surface area contributed by atoms with Gasteiger partial charge in [0.1, 0.15) is 6.33 Å². The van der Waals surface area contributed by atoms with Crippen molar-refractivity contribution >= 4 is 5.82 Å². The van der Waals surface area contributed by atoms with Gasteiger partial charge in [-0.15, -0.1) is 0 Å². The van der Waals surface area contributed by atoms with Crippen LogP contribution in [0, 0.1) is 11.7 Å².